The van der Waals surface area contributed by atoms with E-state index in [1.54, 1.807) is 23.1 Å². The summed E-state index contributed by atoms with van der Waals surface area (Å²) in [6.07, 6.45) is 1.88. The van der Waals surface area contributed by atoms with E-state index >= 15 is 0 Å². The molecule has 0 saturated carbocycles. The summed E-state index contributed by atoms with van der Waals surface area (Å²) in [6, 6.07) is 11.2. The summed E-state index contributed by atoms with van der Waals surface area (Å²) in [5.41, 5.74) is 8.92. The topological polar surface area (TPSA) is 70.1 Å². The summed E-state index contributed by atoms with van der Waals surface area (Å²) < 4.78 is 0.937. The number of thiophene rings is 1. The molecular weight excluding hydrogens is 481 g/mol. The molecule has 4 nitrogen and oxygen atoms in total. The van der Waals surface area contributed by atoms with Gasteiger partial charge < -0.3 is 5.73 Å². The van der Waals surface area contributed by atoms with E-state index in [-0.39, 0.29) is 5.78 Å². The molecule has 0 spiro atoms. The van der Waals surface area contributed by atoms with Crippen LogP contribution in [0.1, 0.15) is 30.1 Å². The minimum Gasteiger partial charge on any atom is -0.384 e. The predicted octanol–water partition coefficient (Wildman–Crippen LogP) is 6.12. The summed E-state index contributed by atoms with van der Waals surface area (Å²) in [4.78, 5) is 15.7. The number of Topliss-reactive ketones (excluding diaryl/α,β-unsaturated/α-hetero) is 1. The van der Waals surface area contributed by atoms with Gasteiger partial charge in [-0.15, -0.1) is 11.3 Å². The Bertz CT molecular complexity index is 1100. The fourth-order valence-corrected chi connectivity index (χ4v) is 5.83. The number of ketones is 1. The molecule has 0 fully saturated rings. The summed E-state index contributed by atoms with van der Waals surface area (Å²) in [5.74, 6) is -0.104. The van der Waals surface area contributed by atoms with Crippen LogP contribution >= 0.6 is 50.5 Å². The molecular formula is C20H14BrCl2N3OS. The molecule has 0 radical (unpaired) electrons. The third kappa shape index (κ3) is 3.17. The number of allylic oxidation sites excluding steroid dienone is 3. The van der Waals surface area contributed by atoms with Crippen LogP contribution < -0.4 is 10.6 Å². The fourth-order valence-electron chi connectivity index (χ4n) is 3.79. The lowest BCUT2D eigenvalue weighted by molar-refractivity contribution is -0.116. The summed E-state index contributed by atoms with van der Waals surface area (Å²) >= 11 is 17.5. The molecule has 0 bridgehead atoms. The Morgan fingerprint density at radius 1 is 1.25 bits per heavy atom. The summed E-state index contributed by atoms with van der Waals surface area (Å²) in [7, 11) is 0. The number of hydrogen-bond acceptors (Lipinski definition) is 5. The number of benzene rings is 1. The molecule has 1 aliphatic heterocycles. The SMILES string of the molecule is N#CC1=C(N)N(c2ccc(Cl)cc2Cl)C2=C(C(=O)CCC2)C1c1ccc(Br)s1. The van der Waals surface area contributed by atoms with Crippen LogP contribution in [0.25, 0.3) is 0 Å². The van der Waals surface area contributed by atoms with Gasteiger partial charge in [-0.3, -0.25) is 9.69 Å². The van der Waals surface area contributed by atoms with Crippen molar-refractivity contribution in [3.05, 3.63) is 71.7 Å². The van der Waals surface area contributed by atoms with Crippen molar-refractivity contribution in [1.29, 1.82) is 5.26 Å². The number of anilines is 1. The van der Waals surface area contributed by atoms with E-state index in [1.807, 2.05) is 12.1 Å². The number of nitriles is 1. The van der Waals surface area contributed by atoms with Gasteiger partial charge in [-0.1, -0.05) is 23.2 Å². The van der Waals surface area contributed by atoms with Crippen LogP contribution in [0.2, 0.25) is 10.0 Å². The standard InChI is InChI=1S/C20H14BrCl2N3OS/c21-17-7-6-16(28-17)18-11(9-24)20(25)26(13-5-4-10(22)8-12(13)23)14-2-1-3-15(27)19(14)18/h4-8,18H,1-3,25H2. The zero-order valence-electron chi connectivity index (χ0n) is 14.5. The molecule has 28 heavy (non-hydrogen) atoms. The molecule has 1 aliphatic carbocycles. The van der Waals surface area contributed by atoms with Crippen LogP contribution in [0.4, 0.5) is 5.69 Å². The van der Waals surface area contributed by atoms with Gasteiger partial charge >= 0.3 is 0 Å². The zero-order valence-corrected chi connectivity index (χ0v) is 18.4. The summed E-state index contributed by atoms with van der Waals surface area (Å²) in [6.45, 7) is 0. The Balaban J connectivity index is 1.98. The van der Waals surface area contributed by atoms with Crippen molar-refractivity contribution in [3.63, 3.8) is 0 Å². The van der Waals surface area contributed by atoms with E-state index in [0.29, 0.717) is 45.5 Å². The second-order valence-corrected chi connectivity index (χ2v) is 9.89. The van der Waals surface area contributed by atoms with Crippen LogP contribution in [0.5, 0.6) is 0 Å². The smallest absolute Gasteiger partial charge is 0.161 e. The Morgan fingerprint density at radius 2 is 2.04 bits per heavy atom. The Kier molecular flexibility index (Phi) is 5.28. The highest BCUT2D eigenvalue weighted by Gasteiger charge is 2.41. The lowest BCUT2D eigenvalue weighted by Crippen LogP contribution is -2.38. The van der Waals surface area contributed by atoms with Crippen molar-refractivity contribution < 1.29 is 4.79 Å². The maximum Gasteiger partial charge on any atom is 0.161 e. The molecule has 4 rings (SSSR count). The number of nitrogens with zero attached hydrogens (tertiary/aromatic N) is 2. The van der Waals surface area contributed by atoms with Crippen LogP contribution in [0.3, 0.4) is 0 Å². The number of carbonyl (C=O) groups excluding carboxylic acids is 1. The van der Waals surface area contributed by atoms with Crippen molar-refractivity contribution in [2.24, 2.45) is 5.73 Å². The van der Waals surface area contributed by atoms with Gasteiger partial charge in [0.2, 0.25) is 0 Å². The van der Waals surface area contributed by atoms with E-state index in [9.17, 15) is 10.1 Å². The predicted molar refractivity (Wildman–Crippen MR) is 116 cm³/mol. The minimum absolute atomic E-state index is 0.0473. The van der Waals surface area contributed by atoms with Gasteiger partial charge in [-0.2, -0.15) is 5.26 Å². The maximum absolute atomic E-state index is 13.0. The van der Waals surface area contributed by atoms with Gasteiger partial charge in [0.25, 0.3) is 0 Å². The van der Waals surface area contributed by atoms with Gasteiger partial charge in [0.1, 0.15) is 5.82 Å². The van der Waals surface area contributed by atoms with Crippen molar-refractivity contribution in [2.75, 3.05) is 4.90 Å². The highest BCUT2D eigenvalue weighted by atomic mass is 79.9. The molecule has 1 atom stereocenters. The highest BCUT2D eigenvalue weighted by molar-refractivity contribution is 9.11. The van der Waals surface area contributed by atoms with Gasteiger partial charge in [0.05, 0.1) is 32.1 Å². The molecule has 0 saturated heterocycles. The third-order valence-electron chi connectivity index (χ3n) is 4.94. The van der Waals surface area contributed by atoms with Crippen molar-refractivity contribution in [3.8, 4) is 6.07 Å². The highest BCUT2D eigenvalue weighted by Crippen LogP contribution is 2.49. The van der Waals surface area contributed by atoms with Crippen molar-refractivity contribution >= 4 is 61.9 Å². The quantitative estimate of drug-likeness (QED) is 0.545. The second kappa shape index (κ2) is 7.57. The average molecular weight is 495 g/mol. The first-order chi connectivity index (χ1) is 13.4. The Morgan fingerprint density at radius 3 is 2.68 bits per heavy atom. The molecule has 142 valence electrons. The molecule has 2 N–H and O–H groups in total. The molecule has 1 unspecified atom stereocenters. The maximum atomic E-state index is 13.0. The van der Waals surface area contributed by atoms with Crippen LogP contribution in [0, 0.1) is 11.3 Å². The molecule has 2 aliphatic rings. The lowest BCUT2D eigenvalue weighted by Gasteiger charge is -2.39. The fraction of sp³-hybridized carbons (Fsp3) is 0.200. The van der Waals surface area contributed by atoms with Crippen LogP contribution in [-0.2, 0) is 4.79 Å². The lowest BCUT2D eigenvalue weighted by atomic mass is 9.78. The number of carbonyl (C=O) groups is 1. The van der Waals surface area contributed by atoms with Gasteiger partial charge in [0, 0.05) is 27.6 Å². The van der Waals surface area contributed by atoms with Crippen molar-refractivity contribution in [2.45, 2.75) is 25.2 Å². The number of halogens is 3. The molecule has 2 heterocycles. The molecule has 1 aromatic heterocycles. The molecule has 8 heteroatoms. The number of hydrogen-bond donors (Lipinski definition) is 1. The van der Waals surface area contributed by atoms with E-state index in [0.717, 1.165) is 20.8 Å². The van der Waals surface area contributed by atoms with Crippen LogP contribution in [0.15, 0.2) is 56.8 Å². The normalized spacial score (nSPS) is 19.7. The van der Waals surface area contributed by atoms with E-state index < -0.39 is 5.92 Å². The largest absolute Gasteiger partial charge is 0.384 e. The van der Waals surface area contributed by atoms with Crippen LogP contribution in [-0.4, -0.2) is 5.78 Å². The number of rotatable bonds is 2. The molecule has 0 amide bonds. The van der Waals surface area contributed by atoms with Gasteiger partial charge in [-0.25, -0.2) is 0 Å². The van der Waals surface area contributed by atoms with Gasteiger partial charge in [0.15, 0.2) is 5.78 Å². The van der Waals surface area contributed by atoms with Gasteiger partial charge in [-0.05, 0) is 59.1 Å². The third-order valence-corrected chi connectivity index (χ3v) is 7.17. The van der Waals surface area contributed by atoms with E-state index in [4.69, 9.17) is 28.9 Å². The van der Waals surface area contributed by atoms with Crippen molar-refractivity contribution in [1.82, 2.24) is 0 Å². The first kappa shape index (κ1) is 19.5. The Labute approximate surface area is 185 Å². The molecule has 1 aromatic carbocycles. The monoisotopic (exact) mass is 493 g/mol. The average Bonchev–Trinajstić information content (AvgIpc) is 3.08. The zero-order chi connectivity index (χ0) is 20.0. The number of nitrogens with two attached hydrogens (primary N) is 1. The van der Waals surface area contributed by atoms with E-state index in [1.165, 1.54) is 11.3 Å². The first-order valence-corrected chi connectivity index (χ1v) is 10.9. The Hall–Kier alpha value is -1.78. The second-order valence-electron chi connectivity index (χ2n) is 6.55. The van der Waals surface area contributed by atoms with E-state index in [2.05, 4.69) is 22.0 Å². The summed E-state index contributed by atoms with van der Waals surface area (Å²) in [5, 5.41) is 10.9. The first-order valence-electron chi connectivity index (χ1n) is 8.58. The molecule has 2 aromatic rings. The minimum atomic E-state index is -0.452.